The average molecular weight is 490 g/mol. The highest BCUT2D eigenvalue weighted by Gasteiger charge is 2.40. The van der Waals surface area contributed by atoms with E-state index >= 15 is 0 Å². The fraction of sp³-hybridized carbons (Fsp3) is 0.417. The second-order valence-electron chi connectivity index (χ2n) is 8.51. The average Bonchev–Trinajstić information content (AvgIpc) is 3.34. The van der Waals surface area contributed by atoms with Crippen molar-refractivity contribution in [3.8, 4) is 0 Å². The Morgan fingerprint density at radius 3 is 2.35 bits per heavy atom. The van der Waals surface area contributed by atoms with E-state index < -0.39 is 28.6 Å². The van der Waals surface area contributed by atoms with E-state index in [1.807, 2.05) is 11.8 Å². The van der Waals surface area contributed by atoms with Gasteiger partial charge in [-0.15, -0.1) is 0 Å². The topological polar surface area (TPSA) is 87.2 Å². The molecule has 2 aliphatic rings. The van der Waals surface area contributed by atoms with Crippen LogP contribution in [0.4, 0.5) is 10.1 Å². The van der Waals surface area contributed by atoms with Crippen molar-refractivity contribution in [2.75, 3.05) is 44.2 Å². The minimum absolute atomic E-state index is 0.126. The first-order valence-corrected chi connectivity index (χ1v) is 12.7. The molecule has 182 valence electrons. The van der Waals surface area contributed by atoms with E-state index in [-0.39, 0.29) is 23.2 Å². The van der Waals surface area contributed by atoms with Crippen LogP contribution in [0.25, 0.3) is 0 Å². The number of hydrogen-bond donors (Lipinski definition) is 0. The molecule has 0 unspecified atom stereocenters. The van der Waals surface area contributed by atoms with Crippen LogP contribution in [-0.4, -0.2) is 74.9 Å². The Kier molecular flexibility index (Phi) is 7.18. The molecule has 8 nitrogen and oxygen atoms in total. The maximum Gasteiger partial charge on any atom is 0.324 e. The number of ether oxygens (including phenoxy) is 1. The van der Waals surface area contributed by atoms with E-state index in [9.17, 15) is 22.4 Å². The Bertz CT molecular complexity index is 1150. The van der Waals surface area contributed by atoms with Crippen molar-refractivity contribution in [1.29, 1.82) is 0 Å². The van der Waals surface area contributed by atoms with Gasteiger partial charge in [-0.05, 0) is 44.0 Å². The van der Waals surface area contributed by atoms with E-state index in [2.05, 4.69) is 0 Å². The van der Waals surface area contributed by atoms with Crippen LogP contribution in [0, 0.1) is 12.7 Å². The predicted octanol–water partition coefficient (Wildman–Crippen LogP) is 2.18. The molecular weight excluding hydrogens is 461 g/mol. The van der Waals surface area contributed by atoms with E-state index in [1.54, 1.807) is 35.2 Å². The van der Waals surface area contributed by atoms with Crippen molar-refractivity contribution >= 4 is 27.6 Å². The number of benzene rings is 2. The number of anilines is 1. The summed E-state index contributed by atoms with van der Waals surface area (Å²) in [5.74, 6) is -1.38. The number of piperazine rings is 1. The van der Waals surface area contributed by atoms with Crippen LogP contribution in [-0.2, 0) is 24.3 Å². The number of aryl methyl sites for hydroxylation is 1. The van der Waals surface area contributed by atoms with Crippen molar-refractivity contribution in [3.05, 3.63) is 59.9 Å². The number of sulfonamides is 1. The van der Waals surface area contributed by atoms with Gasteiger partial charge in [-0.25, -0.2) is 12.8 Å². The summed E-state index contributed by atoms with van der Waals surface area (Å²) < 4.78 is 46.5. The number of esters is 1. The van der Waals surface area contributed by atoms with E-state index in [0.29, 0.717) is 44.7 Å². The van der Waals surface area contributed by atoms with Crippen molar-refractivity contribution in [2.45, 2.75) is 30.7 Å². The molecular formula is C24H28FN3O5S. The fourth-order valence-corrected chi connectivity index (χ4v) is 5.98. The van der Waals surface area contributed by atoms with E-state index in [4.69, 9.17) is 4.74 Å². The highest BCUT2D eigenvalue weighted by Crippen LogP contribution is 2.27. The highest BCUT2D eigenvalue weighted by molar-refractivity contribution is 7.89. The summed E-state index contributed by atoms with van der Waals surface area (Å²) in [5, 5.41) is 0. The lowest BCUT2D eigenvalue weighted by Crippen LogP contribution is -2.50. The smallest absolute Gasteiger partial charge is 0.324 e. The van der Waals surface area contributed by atoms with Crippen LogP contribution in [0.1, 0.15) is 18.4 Å². The Morgan fingerprint density at radius 2 is 1.68 bits per heavy atom. The van der Waals surface area contributed by atoms with Crippen molar-refractivity contribution in [2.24, 2.45) is 0 Å². The molecule has 0 spiro atoms. The zero-order chi connectivity index (χ0) is 24.3. The number of carbonyl (C=O) groups is 2. The maximum absolute atomic E-state index is 14.0. The molecule has 34 heavy (non-hydrogen) atoms. The lowest BCUT2D eigenvalue weighted by Gasteiger charge is -2.36. The van der Waals surface area contributed by atoms with Gasteiger partial charge >= 0.3 is 5.97 Å². The molecule has 2 aliphatic heterocycles. The summed E-state index contributed by atoms with van der Waals surface area (Å²) in [6, 6.07) is 12.0. The second-order valence-corrected chi connectivity index (χ2v) is 10.4. The molecule has 1 atom stereocenters. The molecule has 2 aromatic rings. The first kappa shape index (κ1) is 24.2. The van der Waals surface area contributed by atoms with Crippen LogP contribution < -0.4 is 4.90 Å². The van der Waals surface area contributed by atoms with Crippen molar-refractivity contribution < 1.29 is 27.1 Å². The molecule has 0 aromatic heterocycles. The molecule has 1 amide bonds. The molecule has 0 saturated carbocycles. The third-order valence-corrected chi connectivity index (χ3v) is 8.19. The largest absolute Gasteiger partial charge is 0.454 e. The quantitative estimate of drug-likeness (QED) is 0.578. The van der Waals surface area contributed by atoms with Gasteiger partial charge in [0.25, 0.3) is 5.91 Å². The van der Waals surface area contributed by atoms with Gasteiger partial charge in [0.05, 0.1) is 10.6 Å². The zero-order valence-corrected chi connectivity index (χ0v) is 19.8. The number of hydrogen-bond acceptors (Lipinski definition) is 6. The standard InChI is InChI=1S/C24H28FN3O5S/c1-18-8-10-19(11-9-18)34(31,32)28-12-4-7-22(28)24(30)33-17-23(29)27-15-13-26(14-16-27)21-6-3-2-5-20(21)25/h2-3,5-6,8-11,22H,4,7,12-17H2,1H3/t22-/m0/s1. The first-order valence-electron chi connectivity index (χ1n) is 11.3. The van der Waals surface area contributed by atoms with Crippen molar-refractivity contribution in [3.63, 3.8) is 0 Å². The molecule has 2 heterocycles. The van der Waals surface area contributed by atoms with Gasteiger partial charge in [-0.2, -0.15) is 4.31 Å². The summed E-state index contributed by atoms with van der Waals surface area (Å²) in [4.78, 5) is 28.9. The summed E-state index contributed by atoms with van der Waals surface area (Å²) in [7, 11) is -3.84. The minimum Gasteiger partial charge on any atom is -0.454 e. The molecule has 2 fully saturated rings. The number of amides is 1. The number of carbonyl (C=O) groups excluding carboxylic acids is 2. The number of rotatable bonds is 6. The molecule has 2 aromatic carbocycles. The molecule has 4 rings (SSSR count). The summed E-state index contributed by atoms with van der Waals surface area (Å²) in [5.41, 5.74) is 1.43. The fourth-order valence-electron chi connectivity index (χ4n) is 4.33. The lowest BCUT2D eigenvalue weighted by atomic mass is 10.2. The number of halogens is 1. The van der Waals surface area contributed by atoms with Crippen molar-refractivity contribution in [1.82, 2.24) is 9.21 Å². The summed E-state index contributed by atoms with van der Waals surface area (Å²) in [6.45, 7) is 3.32. The van der Waals surface area contributed by atoms with E-state index in [1.165, 1.54) is 18.2 Å². The zero-order valence-electron chi connectivity index (χ0n) is 19.0. The van der Waals surface area contributed by atoms with Gasteiger partial charge in [0, 0.05) is 32.7 Å². The Labute approximate surface area is 198 Å². The van der Waals surface area contributed by atoms with Gasteiger partial charge in [0.2, 0.25) is 10.0 Å². The SMILES string of the molecule is Cc1ccc(S(=O)(=O)N2CCC[C@H]2C(=O)OCC(=O)N2CCN(c3ccccc3F)CC2)cc1. The minimum atomic E-state index is -3.84. The monoisotopic (exact) mass is 489 g/mol. The number of nitrogens with zero attached hydrogens (tertiary/aromatic N) is 3. The van der Waals surface area contributed by atoms with E-state index in [0.717, 1.165) is 9.87 Å². The first-order chi connectivity index (χ1) is 16.3. The summed E-state index contributed by atoms with van der Waals surface area (Å²) in [6.07, 6.45) is 0.885. The molecule has 0 aliphatic carbocycles. The normalized spacial score (nSPS) is 19.3. The second kappa shape index (κ2) is 10.1. The third-order valence-electron chi connectivity index (χ3n) is 6.27. The summed E-state index contributed by atoms with van der Waals surface area (Å²) >= 11 is 0. The maximum atomic E-state index is 14.0. The Balaban J connectivity index is 1.31. The highest BCUT2D eigenvalue weighted by atomic mass is 32.2. The van der Waals surface area contributed by atoms with Crippen LogP contribution in [0.3, 0.4) is 0 Å². The van der Waals surface area contributed by atoms with Crippen LogP contribution in [0.5, 0.6) is 0 Å². The van der Waals surface area contributed by atoms with Gasteiger partial charge < -0.3 is 14.5 Å². The van der Waals surface area contributed by atoms with Crippen LogP contribution in [0.15, 0.2) is 53.4 Å². The molecule has 0 radical (unpaired) electrons. The molecule has 10 heteroatoms. The number of para-hydroxylation sites is 1. The predicted molar refractivity (Wildman–Crippen MR) is 124 cm³/mol. The molecule has 0 N–H and O–H groups in total. The van der Waals surface area contributed by atoms with Crippen LogP contribution in [0.2, 0.25) is 0 Å². The molecule has 0 bridgehead atoms. The van der Waals surface area contributed by atoms with Crippen LogP contribution >= 0.6 is 0 Å². The Morgan fingerprint density at radius 1 is 1.00 bits per heavy atom. The van der Waals surface area contributed by atoms with Gasteiger partial charge in [-0.1, -0.05) is 29.8 Å². The third kappa shape index (κ3) is 5.07. The van der Waals surface area contributed by atoms with Gasteiger partial charge in [0.15, 0.2) is 6.61 Å². The lowest BCUT2D eigenvalue weighted by molar-refractivity contribution is -0.154. The van der Waals surface area contributed by atoms with Gasteiger partial charge in [0.1, 0.15) is 11.9 Å². The molecule has 2 saturated heterocycles. The Hall–Kier alpha value is -2.98. The van der Waals surface area contributed by atoms with Gasteiger partial charge in [-0.3, -0.25) is 9.59 Å².